The summed E-state index contributed by atoms with van der Waals surface area (Å²) < 4.78 is 5.36. The van der Waals surface area contributed by atoms with E-state index in [9.17, 15) is 0 Å². The second-order valence-electron chi connectivity index (χ2n) is 3.16. The first-order valence-corrected chi connectivity index (χ1v) is 5.42. The number of nitrogens with one attached hydrogen (secondary N) is 1. The van der Waals surface area contributed by atoms with Crippen molar-refractivity contribution >= 4 is 29.9 Å². The van der Waals surface area contributed by atoms with Gasteiger partial charge in [-0.3, -0.25) is 4.99 Å². The first-order chi connectivity index (χ1) is 6.81. The van der Waals surface area contributed by atoms with Crippen molar-refractivity contribution in [2.75, 3.05) is 26.3 Å². The Hall–Kier alpha value is -0.0400. The van der Waals surface area contributed by atoms with E-state index < -0.39 is 0 Å². The van der Waals surface area contributed by atoms with Crippen molar-refractivity contribution in [3.8, 4) is 0 Å². The predicted molar refractivity (Wildman–Crippen MR) is 75.9 cm³/mol. The zero-order valence-electron chi connectivity index (χ0n) is 9.79. The van der Waals surface area contributed by atoms with Crippen molar-refractivity contribution in [3.05, 3.63) is 0 Å². The highest BCUT2D eigenvalue weighted by molar-refractivity contribution is 14.0. The minimum Gasteiger partial charge on any atom is -0.380 e. The summed E-state index contributed by atoms with van der Waals surface area (Å²) >= 11 is 0. The number of aliphatic imine (C=N–C) groups is 1. The zero-order chi connectivity index (χ0) is 10.6. The summed E-state index contributed by atoms with van der Waals surface area (Å²) in [6, 6.07) is 0. The van der Waals surface area contributed by atoms with E-state index in [0.717, 1.165) is 32.5 Å². The van der Waals surface area contributed by atoms with Crippen LogP contribution in [0.25, 0.3) is 0 Å². The van der Waals surface area contributed by atoms with Crippen LogP contribution in [-0.2, 0) is 4.74 Å². The van der Waals surface area contributed by atoms with Gasteiger partial charge in [0.15, 0.2) is 5.96 Å². The summed E-state index contributed by atoms with van der Waals surface area (Å²) in [5, 5.41) is 3.00. The largest absolute Gasteiger partial charge is 0.380 e. The maximum Gasteiger partial charge on any atom is 0.188 e. The van der Waals surface area contributed by atoms with Crippen molar-refractivity contribution in [1.82, 2.24) is 5.32 Å². The third kappa shape index (κ3) is 14.0. The summed E-state index contributed by atoms with van der Waals surface area (Å²) in [5.41, 5.74) is 5.58. The molecule has 0 bridgehead atoms. The number of guanidine groups is 1. The van der Waals surface area contributed by atoms with Gasteiger partial charge in [-0.25, -0.2) is 0 Å². The molecular weight excluding hydrogens is 305 g/mol. The minimum absolute atomic E-state index is 0. The van der Waals surface area contributed by atoms with E-state index in [1.165, 1.54) is 6.42 Å². The average Bonchev–Trinajstić information content (AvgIpc) is 2.20. The molecule has 0 heterocycles. The second-order valence-corrected chi connectivity index (χ2v) is 3.16. The highest BCUT2D eigenvalue weighted by Gasteiger charge is 1.90. The molecule has 0 aliphatic rings. The minimum atomic E-state index is 0. The van der Waals surface area contributed by atoms with Crippen LogP contribution in [0.2, 0.25) is 0 Å². The van der Waals surface area contributed by atoms with Gasteiger partial charge in [-0.15, -0.1) is 24.0 Å². The number of ether oxygens (including phenoxy) is 1. The van der Waals surface area contributed by atoms with Crippen molar-refractivity contribution in [2.45, 2.75) is 33.1 Å². The number of halogens is 1. The Balaban J connectivity index is 0. The quantitative estimate of drug-likeness (QED) is 0.309. The molecule has 0 aliphatic carbocycles. The lowest BCUT2D eigenvalue weighted by Gasteiger charge is -2.05. The summed E-state index contributed by atoms with van der Waals surface area (Å²) in [7, 11) is 0. The molecule has 0 rings (SSSR count). The standard InChI is InChI=1S/C10H23N3O.HI/c1-3-5-8-14-9-7-13-10(11)12-6-4-2;/h3-9H2,1-2H3,(H3,11,12,13);1H. The van der Waals surface area contributed by atoms with Crippen LogP contribution in [0.1, 0.15) is 33.1 Å². The maximum absolute atomic E-state index is 5.58. The van der Waals surface area contributed by atoms with Crippen LogP contribution in [0.5, 0.6) is 0 Å². The number of unbranched alkanes of at least 4 members (excludes halogenated alkanes) is 1. The van der Waals surface area contributed by atoms with E-state index in [4.69, 9.17) is 10.5 Å². The fraction of sp³-hybridized carbons (Fsp3) is 0.900. The SMILES string of the molecule is CCCCOCCNC(N)=NCCC.I. The number of hydrogen-bond acceptors (Lipinski definition) is 2. The van der Waals surface area contributed by atoms with Gasteiger partial charge in [-0.2, -0.15) is 0 Å². The molecule has 0 unspecified atom stereocenters. The summed E-state index contributed by atoms with van der Waals surface area (Å²) in [6.07, 6.45) is 3.32. The molecule has 3 N–H and O–H groups in total. The van der Waals surface area contributed by atoms with Gasteiger partial charge in [0.2, 0.25) is 0 Å². The number of nitrogens with zero attached hydrogens (tertiary/aromatic N) is 1. The van der Waals surface area contributed by atoms with Gasteiger partial charge in [0, 0.05) is 19.7 Å². The molecule has 0 saturated carbocycles. The molecule has 0 fully saturated rings. The van der Waals surface area contributed by atoms with Crippen molar-refractivity contribution in [3.63, 3.8) is 0 Å². The van der Waals surface area contributed by atoms with Gasteiger partial charge in [0.05, 0.1) is 6.61 Å². The topological polar surface area (TPSA) is 59.6 Å². The van der Waals surface area contributed by atoms with Crippen LogP contribution in [0.3, 0.4) is 0 Å². The van der Waals surface area contributed by atoms with E-state index in [-0.39, 0.29) is 24.0 Å². The summed E-state index contributed by atoms with van der Waals surface area (Å²) in [5.74, 6) is 0.519. The average molecular weight is 329 g/mol. The van der Waals surface area contributed by atoms with Crippen LogP contribution >= 0.6 is 24.0 Å². The molecule has 0 radical (unpaired) electrons. The molecule has 0 aromatic heterocycles. The zero-order valence-corrected chi connectivity index (χ0v) is 12.1. The van der Waals surface area contributed by atoms with Crippen molar-refractivity contribution in [1.29, 1.82) is 0 Å². The smallest absolute Gasteiger partial charge is 0.188 e. The van der Waals surface area contributed by atoms with E-state index in [2.05, 4.69) is 24.2 Å². The normalized spacial score (nSPS) is 10.9. The fourth-order valence-corrected chi connectivity index (χ4v) is 0.888. The lowest BCUT2D eigenvalue weighted by molar-refractivity contribution is 0.136. The number of rotatable bonds is 8. The van der Waals surface area contributed by atoms with Gasteiger partial charge < -0.3 is 15.8 Å². The van der Waals surface area contributed by atoms with Gasteiger partial charge in [0.25, 0.3) is 0 Å². The molecule has 0 saturated heterocycles. The molecule has 15 heavy (non-hydrogen) atoms. The lowest BCUT2D eigenvalue weighted by atomic mass is 10.4. The summed E-state index contributed by atoms with van der Waals surface area (Å²) in [6.45, 7) is 7.28. The number of nitrogens with two attached hydrogens (primary N) is 1. The molecule has 0 atom stereocenters. The van der Waals surface area contributed by atoms with E-state index in [1.54, 1.807) is 0 Å². The second kappa shape index (κ2) is 14.0. The fourth-order valence-electron chi connectivity index (χ4n) is 0.888. The van der Waals surface area contributed by atoms with Crippen LogP contribution in [0.15, 0.2) is 4.99 Å². The van der Waals surface area contributed by atoms with Crippen molar-refractivity contribution < 1.29 is 4.74 Å². The molecule has 0 amide bonds. The highest BCUT2D eigenvalue weighted by Crippen LogP contribution is 1.86. The monoisotopic (exact) mass is 329 g/mol. The van der Waals surface area contributed by atoms with Crippen LogP contribution < -0.4 is 11.1 Å². The van der Waals surface area contributed by atoms with Gasteiger partial charge in [-0.05, 0) is 12.8 Å². The summed E-state index contributed by atoms with van der Waals surface area (Å²) in [4.78, 5) is 4.10. The Morgan fingerprint density at radius 2 is 2.00 bits per heavy atom. The molecule has 4 nitrogen and oxygen atoms in total. The molecule has 0 aromatic rings. The Morgan fingerprint density at radius 3 is 2.60 bits per heavy atom. The third-order valence-electron chi connectivity index (χ3n) is 1.70. The highest BCUT2D eigenvalue weighted by atomic mass is 127. The van der Waals surface area contributed by atoms with Crippen LogP contribution in [0.4, 0.5) is 0 Å². The van der Waals surface area contributed by atoms with Crippen LogP contribution in [0, 0.1) is 0 Å². The predicted octanol–water partition coefficient (Wildman–Crippen LogP) is 1.74. The lowest BCUT2D eigenvalue weighted by Crippen LogP contribution is -2.34. The molecule has 0 spiro atoms. The number of hydrogen-bond donors (Lipinski definition) is 2. The van der Waals surface area contributed by atoms with Gasteiger partial charge >= 0.3 is 0 Å². The third-order valence-corrected chi connectivity index (χ3v) is 1.70. The molecule has 5 heteroatoms. The molecule has 92 valence electrons. The Labute approximate surface area is 110 Å². The first kappa shape index (κ1) is 17.4. The maximum atomic E-state index is 5.58. The first-order valence-electron chi connectivity index (χ1n) is 5.42. The van der Waals surface area contributed by atoms with Gasteiger partial charge in [-0.1, -0.05) is 20.3 Å². The Kier molecular flexibility index (Phi) is 16.2. The van der Waals surface area contributed by atoms with E-state index >= 15 is 0 Å². The van der Waals surface area contributed by atoms with Gasteiger partial charge in [0.1, 0.15) is 0 Å². The molecular formula is C10H24IN3O. The molecule has 0 aliphatic heterocycles. The Morgan fingerprint density at radius 1 is 1.27 bits per heavy atom. The van der Waals surface area contributed by atoms with E-state index in [1.807, 2.05) is 0 Å². The Bertz CT molecular complexity index is 154. The van der Waals surface area contributed by atoms with E-state index in [0.29, 0.717) is 12.6 Å². The molecule has 0 aromatic carbocycles. The van der Waals surface area contributed by atoms with Crippen LogP contribution in [-0.4, -0.2) is 32.3 Å². The van der Waals surface area contributed by atoms with Crippen molar-refractivity contribution in [2.24, 2.45) is 10.7 Å².